The van der Waals surface area contributed by atoms with Crippen LogP contribution in [0.15, 0.2) is 55.1 Å². The van der Waals surface area contributed by atoms with E-state index >= 15 is 0 Å². The van der Waals surface area contributed by atoms with Crippen molar-refractivity contribution in [2.24, 2.45) is 0 Å². The third kappa shape index (κ3) is 2.93. The highest BCUT2D eigenvalue weighted by molar-refractivity contribution is 6.37. The van der Waals surface area contributed by atoms with E-state index in [9.17, 15) is 25.0 Å². The number of non-ortho nitro benzene ring substituents is 1. The first-order chi connectivity index (χ1) is 12.8. The SMILES string of the molecule is C=CCc1cccc2c1O[C@@H](c1ccc([N+](=O)[O-])cc1)[C@](Cl)([N+](=O)[O-])C2=O. The van der Waals surface area contributed by atoms with Crippen LogP contribution in [0.2, 0.25) is 0 Å². The van der Waals surface area contributed by atoms with Gasteiger partial charge in [-0.1, -0.05) is 18.2 Å². The summed E-state index contributed by atoms with van der Waals surface area (Å²) in [6.45, 7) is 3.65. The molecule has 0 aromatic heterocycles. The Kier molecular flexibility index (Phi) is 4.67. The number of carbonyl (C=O) groups is 1. The van der Waals surface area contributed by atoms with Crippen LogP contribution in [0.3, 0.4) is 0 Å². The summed E-state index contributed by atoms with van der Waals surface area (Å²) in [4.78, 5) is 31.4. The van der Waals surface area contributed by atoms with Gasteiger partial charge >= 0.3 is 5.00 Å². The lowest BCUT2D eigenvalue weighted by Gasteiger charge is -2.33. The Morgan fingerprint density at radius 3 is 2.41 bits per heavy atom. The lowest BCUT2D eigenvalue weighted by Crippen LogP contribution is -2.51. The van der Waals surface area contributed by atoms with Gasteiger partial charge in [-0.3, -0.25) is 25.0 Å². The monoisotopic (exact) mass is 388 g/mol. The molecule has 27 heavy (non-hydrogen) atoms. The minimum absolute atomic E-state index is 0.0132. The second kappa shape index (κ2) is 6.81. The van der Waals surface area contributed by atoms with Crippen molar-refractivity contribution in [3.63, 3.8) is 0 Å². The van der Waals surface area contributed by atoms with Gasteiger partial charge in [0.25, 0.3) is 11.5 Å². The zero-order chi connectivity index (χ0) is 19.8. The van der Waals surface area contributed by atoms with Crippen LogP contribution in [0.5, 0.6) is 5.75 Å². The topological polar surface area (TPSA) is 113 Å². The Morgan fingerprint density at radius 2 is 1.85 bits per heavy atom. The first-order valence-electron chi connectivity index (χ1n) is 7.82. The molecule has 138 valence electrons. The molecule has 0 bridgehead atoms. The maximum Gasteiger partial charge on any atom is 0.397 e. The van der Waals surface area contributed by atoms with Gasteiger partial charge in [0.2, 0.25) is 6.10 Å². The molecule has 2 atom stereocenters. The molecule has 0 unspecified atom stereocenters. The molecule has 2 aromatic carbocycles. The summed E-state index contributed by atoms with van der Waals surface area (Å²) in [5.41, 5.74) is 0.624. The molecule has 2 aromatic rings. The third-order valence-corrected chi connectivity index (χ3v) is 4.79. The Hall–Kier alpha value is -3.26. The smallest absolute Gasteiger partial charge is 0.397 e. The van der Waals surface area contributed by atoms with Crippen LogP contribution in [-0.4, -0.2) is 20.6 Å². The average Bonchev–Trinajstić information content (AvgIpc) is 2.65. The predicted octanol–water partition coefficient (Wildman–Crippen LogP) is 3.85. The summed E-state index contributed by atoms with van der Waals surface area (Å²) < 4.78 is 5.84. The molecule has 0 aliphatic carbocycles. The normalized spacial score (nSPS) is 21.1. The highest BCUT2D eigenvalue weighted by Crippen LogP contribution is 2.46. The molecule has 0 saturated carbocycles. The van der Waals surface area contributed by atoms with Crippen molar-refractivity contribution < 1.29 is 19.4 Å². The van der Waals surface area contributed by atoms with Crippen molar-refractivity contribution >= 4 is 23.1 Å². The molecule has 3 rings (SSSR count). The van der Waals surface area contributed by atoms with Crippen LogP contribution in [-0.2, 0) is 6.42 Å². The van der Waals surface area contributed by atoms with Crippen molar-refractivity contribution in [1.29, 1.82) is 0 Å². The highest BCUT2D eigenvalue weighted by Gasteiger charge is 2.62. The summed E-state index contributed by atoms with van der Waals surface area (Å²) in [6.07, 6.45) is 0.540. The van der Waals surface area contributed by atoms with Crippen LogP contribution in [0.25, 0.3) is 0 Å². The molecule has 0 radical (unpaired) electrons. The molecular formula is C18H13ClN2O6. The fourth-order valence-corrected chi connectivity index (χ4v) is 3.23. The fourth-order valence-electron chi connectivity index (χ4n) is 2.96. The summed E-state index contributed by atoms with van der Waals surface area (Å²) >= 11 is 6.19. The number of ether oxygens (including phenoxy) is 1. The van der Waals surface area contributed by atoms with E-state index in [1.54, 1.807) is 18.2 Å². The summed E-state index contributed by atoms with van der Waals surface area (Å²) in [7, 11) is 0. The van der Waals surface area contributed by atoms with Crippen molar-refractivity contribution in [2.45, 2.75) is 17.5 Å². The number of hydrogen-bond acceptors (Lipinski definition) is 6. The zero-order valence-electron chi connectivity index (χ0n) is 13.8. The second-order valence-electron chi connectivity index (χ2n) is 5.89. The highest BCUT2D eigenvalue weighted by atomic mass is 35.5. The summed E-state index contributed by atoms with van der Waals surface area (Å²) in [5, 5.41) is 22.5. The van der Waals surface area contributed by atoms with E-state index in [1.165, 1.54) is 30.3 Å². The number of benzene rings is 2. The molecule has 1 aliphatic heterocycles. The van der Waals surface area contributed by atoms with Gasteiger partial charge in [-0.2, -0.15) is 0 Å². The maximum absolute atomic E-state index is 12.9. The number of allylic oxidation sites excluding steroid dienone is 1. The number of nitro groups is 2. The van der Waals surface area contributed by atoms with E-state index in [4.69, 9.17) is 16.3 Å². The molecule has 0 N–H and O–H groups in total. The van der Waals surface area contributed by atoms with E-state index in [2.05, 4.69) is 6.58 Å². The molecule has 0 amide bonds. The molecular weight excluding hydrogens is 376 g/mol. The molecule has 1 heterocycles. The molecule has 8 nitrogen and oxygen atoms in total. The van der Waals surface area contributed by atoms with Crippen molar-refractivity contribution in [2.75, 3.05) is 0 Å². The minimum Gasteiger partial charge on any atom is -0.475 e. The standard InChI is InChI=1S/C18H13ClN2O6/c1-2-4-11-5-3-6-14-15(11)27-17(18(19,16(14)22)21(25)26)12-7-9-13(10-8-12)20(23)24/h2-3,5-10,17H,1,4H2/t17-,18+/m0/s1. The number of nitrogens with zero attached hydrogens (tertiary/aromatic N) is 2. The summed E-state index contributed by atoms with van der Waals surface area (Å²) in [6, 6.07) is 9.64. The first kappa shape index (κ1) is 18.5. The summed E-state index contributed by atoms with van der Waals surface area (Å²) in [5.74, 6) is -0.700. The molecule has 0 spiro atoms. The number of halogens is 1. The molecule has 9 heteroatoms. The van der Waals surface area contributed by atoms with Gasteiger partial charge in [-0.05, 0) is 41.8 Å². The Balaban J connectivity index is 2.17. The number of para-hydroxylation sites is 1. The molecule has 0 saturated heterocycles. The van der Waals surface area contributed by atoms with Gasteiger partial charge in [0.05, 0.1) is 15.4 Å². The number of carbonyl (C=O) groups excluding carboxylic acids is 1. The zero-order valence-corrected chi connectivity index (χ0v) is 14.6. The van der Waals surface area contributed by atoms with Crippen molar-refractivity contribution in [3.05, 3.63) is 92.0 Å². The van der Waals surface area contributed by atoms with Gasteiger partial charge < -0.3 is 4.74 Å². The van der Waals surface area contributed by atoms with E-state index in [1.807, 2.05) is 0 Å². The van der Waals surface area contributed by atoms with Gasteiger partial charge in [-0.15, -0.1) is 6.58 Å². The number of hydrogen-bond donors (Lipinski definition) is 0. The van der Waals surface area contributed by atoms with Crippen LogP contribution in [0.1, 0.15) is 27.6 Å². The van der Waals surface area contributed by atoms with Gasteiger partial charge in [0.1, 0.15) is 5.75 Å². The van der Waals surface area contributed by atoms with E-state index in [0.717, 1.165) is 0 Å². The second-order valence-corrected chi connectivity index (χ2v) is 6.47. The lowest BCUT2D eigenvalue weighted by molar-refractivity contribution is -0.536. The minimum atomic E-state index is -2.59. The molecule has 0 fully saturated rings. The first-order valence-corrected chi connectivity index (χ1v) is 8.20. The van der Waals surface area contributed by atoms with Crippen LogP contribution in [0, 0.1) is 20.2 Å². The average molecular weight is 389 g/mol. The van der Waals surface area contributed by atoms with Crippen molar-refractivity contribution in [1.82, 2.24) is 0 Å². The van der Waals surface area contributed by atoms with E-state index in [-0.39, 0.29) is 22.6 Å². The number of alkyl halides is 1. The maximum atomic E-state index is 12.9. The number of Topliss-reactive ketones (excluding diaryl/α,β-unsaturated/α-hetero) is 1. The van der Waals surface area contributed by atoms with Crippen molar-refractivity contribution in [3.8, 4) is 5.75 Å². The largest absolute Gasteiger partial charge is 0.475 e. The number of fused-ring (bicyclic) bond motifs is 1. The van der Waals surface area contributed by atoms with E-state index < -0.39 is 26.7 Å². The van der Waals surface area contributed by atoms with Gasteiger partial charge in [-0.25, -0.2) is 0 Å². The number of rotatable bonds is 5. The lowest BCUT2D eigenvalue weighted by atomic mass is 9.89. The van der Waals surface area contributed by atoms with E-state index in [0.29, 0.717) is 12.0 Å². The van der Waals surface area contributed by atoms with Gasteiger partial charge in [0.15, 0.2) is 0 Å². The quantitative estimate of drug-likeness (QED) is 0.253. The Labute approximate surface area is 158 Å². The number of nitro benzene ring substituents is 1. The van der Waals surface area contributed by atoms with Crippen LogP contribution in [0.4, 0.5) is 5.69 Å². The Morgan fingerprint density at radius 1 is 1.19 bits per heavy atom. The van der Waals surface area contributed by atoms with Crippen LogP contribution < -0.4 is 4.74 Å². The van der Waals surface area contributed by atoms with Gasteiger partial charge in [0, 0.05) is 17.7 Å². The predicted molar refractivity (Wildman–Crippen MR) is 96.7 cm³/mol. The fraction of sp³-hybridized carbons (Fsp3) is 0.167. The van der Waals surface area contributed by atoms with Crippen LogP contribution >= 0.6 is 11.6 Å². The molecule has 1 aliphatic rings. The third-order valence-electron chi connectivity index (χ3n) is 4.28. The number of ketones is 1. The Bertz CT molecular complexity index is 959.